The molecule has 0 radical (unpaired) electrons. The van der Waals surface area contributed by atoms with E-state index in [4.69, 9.17) is 4.74 Å². The molecule has 1 unspecified atom stereocenters. The molecule has 0 saturated heterocycles. The van der Waals surface area contributed by atoms with Crippen LogP contribution in [0.2, 0.25) is 0 Å². The van der Waals surface area contributed by atoms with Crippen molar-refractivity contribution in [2.45, 2.75) is 26.5 Å². The zero-order valence-electron chi connectivity index (χ0n) is 14.5. The van der Waals surface area contributed by atoms with E-state index in [1.165, 1.54) is 6.07 Å². The molecule has 2 aromatic rings. The Kier molecular flexibility index (Phi) is 9.90. The topological polar surface area (TPSA) is 63.5 Å². The van der Waals surface area contributed by atoms with Crippen molar-refractivity contribution >= 4 is 29.9 Å². The van der Waals surface area contributed by atoms with Gasteiger partial charge in [-0.3, -0.25) is 0 Å². The van der Waals surface area contributed by atoms with Gasteiger partial charge in [-0.15, -0.1) is 24.0 Å². The van der Waals surface area contributed by atoms with Crippen LogP contribution >= 0.6 is 24.0 Å². The third-order valence-corrected chi connectivity index (χ3v) is 3.24. The van der Waals surface area contributed by atoms with Gasteiger partial charge >= 0.3 is 0 Å². The summed E-state index contributed by atoms with van der Waals surface area (Å²) >= 11 is 0. The number of aromatic nitrogens is 2. The highest BCUT2D eigenvalue weighted by Crippen LogP contribution is 2.16. The second-order valence-electron chi connectivity index (χ2n) is 5.31. The van der Waals surface area contributed by atoms with E-state index in [0.717, 1.165) is 19.6 Å². The summed E-state index contributed by atoms with van der Waals surface area (Å²) in [4.78, 5) is 8.49. The molecule has 0 bridgehead atoms. The highest BCUT2D eigenvalue weighted by molar-refractivity contribution is 14.0. The van der Waals surface area contributed by atoms with Gasteiger partial charge in [-0.05, 0) is 26.0 Å². The Morgan fingerprint density at radius 1 is 1.36 bits per heavy atom. The molecule has 25 heavy (non-hydrogen) atoms. The molecule has 1 heterocycles. The molecule has 0 spiro atoms. The van der Waals surface area contributed by atoms with Crippen molar-refractivity contribution in [3.05, 3.63) is 48.8 Å². The molecule has 1 aromatic heterocycles. The van der Waals surface area contributed by atoms with Crippen molar-refractivity contribution in [1.29, 1.82) is 0 Å². The fourth-order valence-electron chi connectivity index (χ4n) is 2.08. The zero-order chi connectivity index (χ0) is 17.2. The lowest BCUT2D eigenvalue weighted by Crippen LogP contribution is -2.39. The average molecular weight is 461 g/mol. The van der Waals surface area contributed by atoms with Gasteiger partial charge in [-0.2, -0.15) is 0 Å². The van der Waals surface area contributed by atoms with E-state index in [1.54, 1.807) is 30.7 Å². The summed E-state index contributed by atoms with van der Waals surface area (Å²) in [6, 6.07) is 6.38. The van der Waals surface area contributed by atoms with Gasteiger partial charge in [0.2, 0.25) is 0 Å². The van der Waals surface area contributed by atoms with Gasteiger partial charge < -0.3 is 19.9 Å². The summed E-state index contributed by atoms with van der Waals surface area (Å²) in [5, 5.41) is 6.43. The van der Waals surface area contributed by atoms with Crippen LogP contribution < -0.4 is 15.4 Å². The maximum Gasteiger partial charge on any atom is 0.191 e. The number of benzene rings is 1. The third kappa shape index (κ3) is 7.72. The molecular formula is C17H25FIN5O. The average Bonchev–Trinajstić information content (AvgIpc) is 3.08. The van der Waals surface area contributed by atoms with Gasteiger partial charge in [0.15, 0.2) is 17.5 Å². The van der Waals surface area contributed by atoms with E-state index < -0.39 is 0 Å². The number of rotatable bonds is 8. The summed E-state index contributed by atoms with van der Waals surface area (Å²) < 4.78 is 21.2. The number of halogens is 2. The Hall–Kier alpha value is -1.84. The largest absolute Gasteiger partial charge is 0.486 e. The molecule has 1 aromatic carbocycles. The number of hydrogen-bond acceptors (Lipinski definition) is 3. The number of imidazole rings is 1. The molecule has 0 aliphatic carbocycles. The van der Waals surface area contributed by atoms with E-state index in [-0.39, 0.29) is 41.6 Å². The Bertz CT molecular complexity index is 636. The minimum atomic E-state index is -0.362. The summed E-state index contributed by atoms with van der Waals surface area (Å²) in [6.45, 7) is 6.59. The molecule has 0 amide bonds. The van der Waals surface area contributed by atoms with Crippen LogP contribution in [0.25, 0.3) is 0 Å². The van der Waals surface area contributed by atoms with Crippen molar-refractivity contribution in [2.75, 3.05) is 19.6 Å². The van der Waals surface area contributed by atoms with Crippen LogP contribution in [-0.4, -0.2) is 41.2 Å². The number of para-hydroxylation sites is 1. The summed E-state index contributed by atoms with van der Waals surface area (Å²) in [5.41, 5.74) is 0. The number of nitrogens with zero attached hydrogens (tertiary/aromatic N) is 3. The van der Waals surface area contributed by atoms with Crippen LogP contribution in [-0.2, 0) is 6.54 Å². The van der Waals surface area contributed by atoms with Crippen molar-refractivity contribution in [1.82, 2.24) is 20.2 Å². The molecule has 8 heteroatoms. The molecule has 2 rings (SSSR count). The van der Waals surface area contributed by atoms with Crippen molar-refractivity contribution in [2.24, 2.45) is 4.99 Å². The maximum atomic E-state index is 13.6. The first-order valence-corrected chi connectivity index (χ1v) is 8.08. The van der Waals surface area contributed by atoms with Crippen LogP contribution in [0.3, 0.4) is 0 Å². The molecule has 0 fully saturated rings. The molecule has 0 aliphatic rings. The van der Waals surface area contributed by atoms with Gasteiger partial charge in [0.25, 0.3) is 0 Å². The predicted molar refractivity (Wildman–Crippen MR) is 108 cm³/mol. The third-order valence-electron chi connectivity index (χ3n) is 3.24. The number of guanidine groups is 1. The quantitative estimate of drug-likeness (QED) is 0.361. The number of nitrogens with one attached hydrogen (secondary N) is 2. The Morgan fingerprint density at radius 3 is 2.84 bits per heavy atom. The van der Waals surface area contributed by atoms with Crippen LogP contribution in [0.1, 0.15) is 13.8 Å². The van der Waals surface area contributed by atoms with Gasteiger partial charge in [-0.25, -0.2) is 14.4 Å². The fourth-order valence-corrected chi connectivity index (χ4v) is 2.08. The van der Waals surface area contributed by atoms with Crippen LogP contribution in [0.15, 0.2) is 48.0 Å². The van der Waals surface area contributed by atoms with Crippen LogP contribution in [0.4, 0.5) is 4.39 Å². The smallest absolute Gasteiger partial charge is 0.191 e. The molecule has 0 saturated carbocycles. The number of aliphatic imine (C=N–C) groups is 1. The predicted octanol–water partition coefficient (Wildman–Crippen LogP) is 2.66. The first kappa shape index (κ1) is 21.2. The highest BCUT2D eigenvalue weighted by Gasteiger charge is 2.08. The number of hydrogen-bond donors (Lipinski definition) is 2. The molecule has 6 nitrogen and oxygen atoms in total. The first-order chi connectivity index (χ1) is 11.7. The lowest BCUT2D eigenvalue weighted by molar-refractivity contribution is 0.220. The second kappa shape index (κ2) is 11.7. The molecular weight excluding hydrogens is 436 g/mol. The van der Waals surface area contributed by atoms with Gasteiger partial charge in [0.1, 0.15) is 6.10 Å². The zero-order valence-corrected chi connectivity index (χ0v) is 16.8. The molecule has 0 aliphatic heterocycles. The van der Waals surface area contributed by atoms with E-state index in [2.05, 4.69) is 20.6 Å². The number of ether oxygens (including phenoxy) is 1. The van der Waals surface area contributed by atoms with Gasteiger partial charge in [-0.1, -0.05) is 12.1 Å². The second-order valence-corrected chi connectivity index (χ2v) is 5.31. The van der Waals surface area contributed by atoms with Crippen molar-refractivity contribution in [3.8, 4) is 5.75 Å². The van der Waals surface area contributed by atoms with Crippen molar-refractivity contribution in [3.63, 3.8) is 0 Å². The minimum Gasteiger partial charge on any atom is -0.486 e. The lowest BCUT2D eigenvalue weighted by Gasteiger charge is -2.15. The maximum absolute atomic E-state index is 13.6. The van der Waals surface area contributed by atoms with Gasteiger partial charge in [0, 0.05) is 32.0 Å². The van der Waals surface area contributed by atoms with Crippen molar-refractivity contribution < 1.29 is 9.13 Å². The normalized spacial score (nSPS) is 12.2. The fraction of sp³-hybridized carbons (Fsp3) is 0.412. The van der Waals surface area contributed by atoms with E-state index in [1.807, 2.05) is 24.6 Å². The monoisotopic (exact) mass is 461 g/mol. The Balaban J connectivity index is 0.00000312. The minimum absolute atomic E-state index is 0. The van der Waals surface area contributed by atoms with E-state index in [0.29, 0.717) is 12.5 Å². The Morgan fingerprint density at radius 2 is 2.16 bits per heavy atom. The summed E-state index contributed by atoms with van der Waals surface area (Å²) in [6.07, 6.45) is 5.21. The summed E-state index contributed by atoms with van der Waals surface area (Å²) in [7, 11) is 0. The molecule has 138 valence electrons. The van der Waals surface area contributed by atoms with E-state index >= 15 is 0 Å². The summed E-state index contributed by atoms with van der Waals surface area (Å²) in [5.74, 6) is 0.596. The van der Waals surface area contributed by atoms with Crippen LogP contribution in [0.5, 0.6) is 5.75 Å². The standard InChI is InChI=1S/C17H24FN5O.HI/c1-3-20-17(21-9-11-23-10-8-19-13-23)22-12-14(2)24-16-7-5-4-6-15(16)18;/h4-8,10,13-14H,3,9,11-12H2,1-2H3,(H2,20,21,22);1H. The lowest BCUT2D eigenvalue weighted by atomic mass is 10.3. The SMILES string of the molecule is CCNC(=NCC(C)Oc1ccccc1F)NCCn1ccnc1.I. The molecule has 2 N–H and O–H groups in total. The highest BCUT2D eigenvalue weighted by atomic mass is 127. The molecule has 1 atom stereocenters. The van der Waals surface area contributed by atoms with E-state index in [9.17, 15) is 4.39 Å². The Labute approximate surface area is 164 Å². The first-order valence-electron chi connectivity index (χ1n) is 8.08. The van der Waals surface area contributed by atoms with Crippen LogP contribution in [0, 0.1) is 5.82 Å². The van der Waals surface area contributed by atoms with Gasteiger partial charge in [0.05, 0.1) is 12.9 Å².